The van der Waals surface area contributed by atoms with E-state index in [0.717, 1.165) is 16.7 Å². The van der Waals surface area contributed by atoms with Gasteiger partial charge in [0.15, 0.2) is 0 Å². The minimum absolute atomic E-state index is 0.149. The topological polar surface area (TPSA) is 61.8 Å². The molecule has 0 radical (unpaired) electrons. The van der Waals surface area contributed by atoms with E-state index in [0.29, 0.717) is 13.0 Å². The predicted molar refractivity (Wildman–Crippen MR) is 127 cm³/mol. The second-order valence-electron chi connectivity index (χ2n) is 7.89. The largest absolute Gasteiger partial charge is 0.466 e. The molecule has 1 unspecified atom stereocenters. The first-order chi connectivity index (χ1) is 16.0. The molecule has 0 bridgehead atoms. The molecule has 5 heteroatoms. The Morgan fingerprint density at radius 3 is 1.48 bits per heavy atom. The first-order valence-electron chi connectivity index (χ1n) is 11.1. The number of esters is 2. The number of hydrogen-bond acceptors (Lipinski definition) is 5. The van der Waals surface area contributed by atoms with Gasteiger partial charge in [0, 0.05) is 19.8 Å². The summed E-state index contributed by atoms with van der Waals surface area (Å²) in [5.74, 6) is -0.842. The van der Waals surface area contributed by atoms with E-state index >= 15 is 0 Å². The monoisotopic (exact) mass is 446 g/mol. The van der Waals surface area contributed by atoms with Crippen LogP contribution in [0.25, 0.3) is 0 Å². The number of hydrogen-bond donors (Lipinski definition) is 0. The van der Waals surface area contributed by atoms with Gasteiger partial charge in [-0.2, -0.15) is 0 Å². The molecule has 33 heavy (non-hydrogen) atoms. The molecule has 5 nitrogen and oxygen atoms in total. The molecular weight excluding hydrogens is 416 g/mol. The zero-order chi connectivity index (χ0) is 23.5. The molecule has 0 amide bonds. The molecular formula is C28H30O5. The molecule has 0 spiro atoms. The summed E-state index contributed by atoms with van der Waals surface area (Å²) in [5, 5.41) is 0. The smallest absolute Gasteiger partial charge is 0.302 e. The zero-order valence-corrected chi connectivity index (χ0v) is 19.1. The van der Waals surface area contributed by atoms with Crippen molar-refractivity contribution in [3.8, 4) is 0 Å². The maximum atomic E-state index is 11.4. The van der Waals surface area contributed by atoms with Crippen molar-refractivity contribution in [1.29, 1.82) is 0 Å². The van der Waals surface area contributed by atoms with E-state index in [-0.39, 0.29) is 31.1 Å². The van der Waals surface area contributed by atoms with Crippen LogP contribution in [0.2, 0.25) is 0 Å². The Bertz CT molecular complexity index is 906. The van der Waals surface area contributed by atoms with E-state index < -0.39 is 5.60 Å². The lowest BCUT2D eigenvalue weighted by atomic mass is 9.80. The van der Waals surface area contributed by atoms with Gasteiger partial charge in [-0.15, -0.1) is 0 Å². The number of carbonyl (C=O) groups excluding carboxylic acids is 2. The van der Waals surface area contributed by atoms with Gasteiger partial charge in [-0.3, -0.25) is 9.59 Å². The highest BCUT2D eigenvalue weighted by atomic mass is 16.5. The Kier molecular flexibility index (Phi) is 8.79. The minimum atomic E-state index is -0.861. The van der Waals surface area contributed by atoms with Crippen molar-refractivity contribution in [3.05, 3.63) is 108 Å². The standard InChI is InChI=1S/C28H30O5/c1-22(29)31-19-18-24(20-32-23(2)30)21-33-28(25-12-6-3-7-13-25,26-14-8-4-9-15-26)27-16-10-5-11-17-27/h3-17,24H,18-21H2,1-2H3. The van der Waals surface area contributed by atoms with Crippen LogP contribution in [0.5, 0.6) is 0 Å². The third-order valence-corrected chi connectivity index (χ3v) is 5.43. The highest BCUT2D eigenvalue weighted by molar-refractivity contribution is 5.66. The molecule has 172 valence electrons. The summed E-state index contributed by atoms with van der Waals surface area (Å²) in [6.45, 7) is 3.48. The highest BCUT2D eigenvalue weighted by Crippen LogP contribution is 2.40. The Labute approximate surface area is 195 Å². The fraction of sp³-hybridized carbons (Fsp3) is 0.286. The van der Waals surface area contributed by atoms with Crippen LogP contribution in [-0.2, 0) is 29.4 Å². The lowest BCUT2D eigenvalue weighted by molar-refractivity contribution is -0.146. The molecule has 0 aromatic heterocycles. The van der Waals surface area contributed by atoms with Gasteiger partial charge in [-0.25, -0.2) is 0 Å². The van der Waals surface area contributed by atoms with E-state index in [1.54, 1.807) is 0 Å². The molecule has 0 fully saturated rings. The van der Waals surface area contributed by atoms with Crippen molar-refractivity contribution in [2.75, 3.05) is 19.8 Å². The minimum Gasteiger partial charge on any atom is -0.466 e. The molecule has 3 rings (SSSR count). The van der Waals surface area contributed by atoms with Crippen molar-refractivity contribution < 1.29 is 23.8 Å². The van der Waals surface area contributed by atoms with Crippen LogP contribution in [0.1, 0.15) is 37.0 Å². The second kappa shape index (κ2) is 12.0. The van der Waals surface area contributed by atoms with E-state index in [4.69, 9.17) is 14.2 Å². The molecule has 0 aliphatic carbocycles. The molecule has 0 heterocycles. The van der Waals surface area contributed by atoms with Crippen LogP contribution in [0.3, 0.4) is 0 Å². The highest BCUT2D eigenvalue weighted by Gasteiger charge is 2.38. The van der Waals surface area contributed by atoms with Crippen molar-refractivity contribution >= 4 is 11.9 Å². The van der Waals surface area contributed by atoms with Crippen molar-refractivity contribution in [2.45, 2.75) is 25.9 Å². The third kappa shape index (κ3) is 6.53. The first-order valence-corrected chi connectivity index (χ1v) is 11.1. The summed E-state index contributed by atoms with van der Waals surface area (Å²) >= 11 is 0. The lowest BCUT2D eigenvalue weighted by Gasteiger charge is -2.37. The number of rotatable bonds is 11. The van der Waals surface area contributed by atoms with E-state index in [1.165, 1.54) is 13.8 Å². The van der Waals surface area contributed by atoms with Crippen LogP contribution >= 0.6 is 0 Å². The second-order valence-corrected chi connectivity index (χ2v) is 7.89. The maximum Gasteiger partial charge on any atom is 0.302 e. The fourth-order valence-corrected chi connectivity index (χ4v) is 3.83. The van der Waals surface area contributed by atoms with E-state index in [2.05, 4.69) is 36.4 Å². The Morgan fingerprint density at radius 1 is 0.667 bits per heavy atom. The molecule has 3 aromatic rings. The summed E-state index contributed by atoms with van der Waals surface area (Å²) < 4.78 is 17.2. The van der Waals surface area contributed by atoms with Gasteiger partial charge in [0.25, 0.3) is 0 Å². The van der Waals surface area contributed by atoms with Crippen molar-refractivity contribution in [1.82, 2.24) is 0 Å². The van der Waals surface area contributed by atoms with Gasteiger partial charge < -0.3 is 14.2 Å². The maximum absolute atomic E-state index is 11.4. The summed E-state index contributed by atoms with van der Waals surface area (Å²) in [6.07, 6.45) is 0.515. The van der Waals surface area contributed by atoms with Crippen LogP contribution in [0.15, 0.2) is 91.0 Å². The van der Waals surface area contributed by atoms with E-state index in [1.807, 2.05) is 54.6 Å². The molecule has 3 aromatic carbocycles. The third-order valence-electron chi connectivity index (χ3n) is 5.43. The van der Waals surface area contributed by atoms with Crippen LogP contribution in [-0.4, -0.2) is 31.8 Å². The Morgan fingerprint density at radius 2 is 1.09 bits per heavy atom. The van der Waals surface area contributed by atoms with Gasteiger partial charge in [0.2, 0.25) is 0 Å². The molecule has 0 N–H and O–H groups in total. The Hall–Kier alpha value is -3.44. The average molecular weight is 447 g/mol. The summed E-state index contributed by atoms with van der Waals surface area (Å²) in [4.78, 5) is 22.7. The lowest BCUT2D eigenvalue weighted by Crippen LogP contribution is -2.35. The van der Waals surface area contributed by atoms with Gasteiger partial charge >= 0.3 is 11.9 Å². The summed E-state index contributed by atoms with van der Waals surface area (Å²) in [7, 11) is 0. The molecule has 0 aliphatic rings. The molecule has 0 aliphatic heterocycles. The van der Waals surface area contributed by atoms with Gasteiger partial charge in [0.1, 0.15) is 5.60 Å². The number of benzene rings is 3. The van der Waals surface area contributed by atoms with Gasteiger partial charge in [-0.05, 0) is 23.1 Å². The van der Waals surface area contributed by atoms with Crippen LogP contribution in [0.4, 0.5) is 0 Å². The molecule has 0 saturated heterocycles. The van der Waals surface area contributed by atoms with Crippen molar-refractivity contribution in [2.24, 2.45) is 5.92 Å². The van der Waals surface area contributed by atoms with Gasteiger partial charge in [-0.1, -0.05) is 91.0 Å². The predicted octanol–water partition coefficient (Wildman–Crippen LogP) is 5.13. The van der Waals surface area contributed by atoms with Crippen molar-refractivity contribution in [3.63, 3.8) is 0 Å². The van der Waals surface area contributed by atoms with Crippen LogP contribution < -0.4 is 0 Å². The summed E-state index contributed by atoms with van der Waals surface area (Å²) in [6, 6.07) is 30.2. The zero-order valence-electron chi connectivity index (χ0n) is 19.1. The summed E-state index contributed by atoms with van der Waals surface area (Å²) in [5.41, 5.74) is 2.12. The Balaban J connectivity index is 1.99. The van der Waals surface area contributed by atoms with Crippen LogP contribution in [0, 0.1) is 5.92 Å². The number of ether oxygens (including phenoxy) is 3. The fourth-order valence-electron chi connectivity index (χ4n) is 3.83. The average Bonchev–Trinajstić information content (AvgIpc) is 2.84. The molecule has 1 atom stereocenters. The normalized spacial score (nSPS) is 12.1. The van der Waals surface area contributed by atoms with E-state index in [9.17, 15) is 9.59 Å². The van der Waals surface area contributed by atoms with Gasteiger partial charge in [0.05, 0.1) is 19.8 Å². The first kappa shape index (κ1) is 24.2. The quantitative estimate of drug-likeness (QED) is 0.302. The number of carbonyl (C=O) groups is 2. The molecule has 0 saturated carbocycles. The SMILES string of the molecule is CC(=O)OCCC(COC(C)=O)COC(c1ccccc1)(c1ccccc1)c1ccccc1.